The summed E-state index contributed by atoms with van der Waals surface area (Å²) >= 11 is 6.25. The van der Waals surface area contributed by atoms with Gasteiger partial charge in [0.2, 0.25) is 0 Å². The molecule has 138 valence electrons. The highest BCUT2D eigenvalue weighted by molar-refractivity contribution is 6.34. The monoisotopic (exact) mass is 374 g/mol. The zero-order chi connectivity index (χ0) is 19.2. The number of benzene rings is 2. The van der Waals surface area contributed by atoms with Crippen molar-refractivity contribution in [3.05, 3.63) is 56.6 Å². The maximum absolute atomic E-state index is 12.6. The summed E-state index contributed by atoms with van der Waals surface area (Å²) in [4.78, 5) is 12.6. The largest absolute Gasteiger partial charge is 0.507 e. The molecule has 1 heterocycles. The zero-order valence-corrected chi connectivity index (χ0v) is 16.5. The van der Waals surface area contributed by atoms with Gasteiger partial charge in [0, 0.05) is 18.9 Å². The number of phenolic OH excluding ortho intramolecular Hbond substituents is 1. The van der Waals surface area contributed by atoms with Gasteiger partial charge in [-0.15, -0.1) is 0 Å². The van der Waals surface area contributed by atoms with Crippen LogP contribution in [-0.4, -0.2) is 16.9 Å². The summed E-state index contributed by atoms with van der Waals surface area (Å²) in [5, 5.41) is 10.7. The summed E-state index contributed by atoms with van der Waals surface area (Å²) in [6.07, 6.45) is 1.15. The Labute approximate surface area is 158 Å². The number of rotatable bonds is 2. The van der Waals surface area contributed by atoms with Crippen LogP contribution in [0.4, 0.5) is 0 Å². The Kier molecular flexibility index (Phi) is 4.65. The zero-order valence-electron chi connectivity index (χ0n) is 15.7. The lowest BCUT2D eigenvalue weighted by Gasteiger charge is -2.37. The van der Waals surface area contributed by atoms with Gasteiger partial charge in [0.1, 0.15) is 11.5 Å². The number of carbonyl (C=O) groups is 1. The van der Waals surface area contributed by atoms with Crippen molar-refractivity contribution in [3.63, 3.8) is 0 Å². The van der Waals surface area contributed by atoms with Crippen molar-refractivity contribution in [1.82, 2.24) is 0 Å². The Bertz CT molecular complexity index is 904. The van der Waals surface area contributed by atoms with E-state index in [9.17, 15) is 9.90 Å². The standard InChI is InChI=1S/C21H23ClO4/c1-11-7-6-8-16(17(11)22)20(24)26-21(5)10-9-15-14(4)18(23)12(2)13(3)19(15)25-21/h6-8,23H,9-10H2,1-5H3. The predicted molar refractivity (Wildman–Crippen MR) is 101 cm³/mol. The fourth-order valence-corrected chi connectivity index (χ4v) is 3.56. The van der Waals surface area contributed by atoms with Crippen LogP contribution in [0, 0.1) is 27.7 Å². The minimum atomic E-state index is -1.09. The molecule has 1 atom stereocenters. The SMILES string of the molecule is Cc1cccc(C(=O)OC2(C)CCc3c(C)c(O)c(C)c(C)c3O2)c1Cl. The van der Waals surface area contributed by atoms with E-state index in [-0.39, 0.29) is 0 Å². The fourth-order valence-electron chi connectivity index (χ4n) is 3.35. The summed E-state index contributed by atoms with van der Waals surface area (Å²) in [7, 11) is 0. The Morgan fingerprint density at radius 1 is 1.19 bits per heavy atom. The molecule has 2 aromatic rings. The van der Waals surface area contributed by atoms with E-state index in [0.29, 0.717) is 34.9 Å². The van der Waals surface area contributed by atoms with Crippen LogP contribution in [0.3, 0.4) is 0 Å². The normalized spacial score (nSPS) is 18.8. The Morgan fingerprint density at radius 2 is 1.88 bits per heavy atom. The minimum absolute atomic E-state index is 0.303. The number of carbonyl (C=O) groups excluding carboxylic acids is 1. The second-order valence-electron chi connectivity index (χ2n) is 7.09. The molecule has 0 spiro atoms. The number of aromatic hydroxyl groups is 1. The Balaban J connectivity index is 1.92. The highest BCUT2D eigenvalue weighted by Crippen LogP contribution is 2.43. The number of esters is 1. The summed E-state index contributed by atoms with van der Waals surface area (Å²) in [5.41, 5.74) is 4.57. The molecule has 1 N–H and O–H groups in total. The van der Waals surface area contributed by atoms with Crippen LogP contribution in [0.1, 0.15) is 51.5 Å². The molecule has 5 heteroatoms. The Morgan fingerprint density at radius 3 is 2.58 bits per heavy atom. The molecule has 0 radical (unpaired) electrons. The van der Waals surface area contributed by atoms with Gasteiger partial charge in [-0.3, -0.25) is 0 Å². The fraction of sp³-hybridized carbons (Fsp3) is 0.381. The number of ether oxygens (including phenoxy) is 2. The van der Waals surface area contributed by atoms with Crippen molar-refractivity contribution in [2.75, 3.05) is 0 Å². The van der Waals surface area contributed by atoms with Gasteiger partial charge in [-0.1, -0.05) is 23.7 Å². The molecule has 0 saturated carbocycles. The first-order chi connectivity index (χ1) is 12.1. The molecule has 1 aliphatic heterocycles. The number of hydrogen-bond donors (Lipinski definition) is 1. The highest BCUT2D eigenvalue weighted by Gasteiger charge is 2.38. The van der Waals surface area contributed by atoms with E-state index in [1.165, 1.54) is 0 Å². The van der Waals surface area contributed by atoms with Crippen molar-refractivity contribution >= 4 is 17.6 Å². The van der Waals surface area contributed by atoms with Gasteiger partial charge >= 0.3 is 5.97 Å². The molecule has 3 rings (SSSR count). The predicted octanol–water partition coefficient (Wildman–Crippen LogP) is 5.18. The Hall–Kier alpha value is -2.20. The van der Waals surface area contributed by atoms with Crippen molar-refractivity contribution in [2.24, 2.45) is 0 Å². The lowest BCUT2D eigenvalue weighted by atomic mass is 9.91. The third-order valence-corrected chi connectivity index (χ3v) is 5.71. The molecular weight excluding hydrogens is 352 g/mol. The van der Waals surface area contributed by atoms with E-state index in [4.69, 9.17) is 21.1 Å². The summed E-state index contributed by atoms with van der Waals surface area (Å²) in [5.74, 6) is -0.598. The molecule has 0 amide bonds. The van der Waals surface area contributed by atoms with Crippen LogP contribution >= 0.6 is 11.6 Å². The van der Waals surface area contributed by atoms with Gasteiger partial charge in [-0.2, -0.15) is 0 Å². The second kappa shape index (κ2) is 6.51. The third kappa shape index (κ3) is 3.03. The van der Waals surface area contributed by atoms with E-state index in [0.717, 1.165) is 27.8 Å². The maximum atomic E-state index is 12.6. The van der Waals surface area contributed by atoms with Gasteiger partial charge in [-0.25, -0.2) is 4.79 Å². The van der Waals surface area contributed by atoms with Crippen molar-refractivity contribution in [2.45, 2.75) is 53.2 Å². The van der Waals surface area contributed by atoms with Crippen LogP contribution < -0.4 is 4.74 Å². The minimum Gasteiger partial charge on any atom is -0.507 e. The first-order valence-corrected chi connectivity index (χ1v) is 9.01. The molecule has 4 nitrogen and oxygen atoms in total. The summed E-state index contributed by atoms with van der Waals surface area (Å²) in [6, 6.07) is 5.27. The van der Waals surface area contributed by atoms with E-state index in [1.807, 2.05) is 33.8 Å². The molecule has 0 aliphatic carbocycles. The van der Waals surface area contributed by atoms with Gasteiger partial charge < -0.3 is 14.6 Å². The molecule has 0 aromatic heterocycles. The number of phenols is 1. The van der Waals surface area contributed by atoms with Crippen molar-refractivity contribution in [1.29, 1.82) is 0 Å². The van der Waals surface area contributed by atoms with Crippen LogP contribution in [0.5, 0.6) is 11.5 Å². The van der Waals surface area contributed by atoms with Gasteiger partial charge in [0.05, 0.1) is 10.6 Å². The molecule has 0 fully saturated rings. The smallest absolute Gasteiger partial charge is 0.342 e. The van der Waals surface area contributed by atoms with Crippen molar-refractivity contribution < 1.29 is 19.4 Å². The maximum Gasteiger partial charge on any atom is 0.342 e. The lowest BCUT2D eigenvalue weighted by Crippen LogP contribution is -2.41. The third-order valence-electron chi connectivity index (χ3n) is 5.21. The van der Waals surface area contributed by atoms with Gasteiger partial charge in [0.15, 0.2) is 0 Å². The van der Waals surface area contributed by atoms with Crippen LogP contribution in [0.25, 0.3) is 0 Å². The molecule has 1 unspecified atom stereocenters. The van der Waals surface area contributed by atoms with Crippen molar-refractivity contribution in [3.8, 4) is 11.5 Å². The number of aryl methyl sites for hydroxylation is 1. The summed E-state index contributed by atoms with van der Waals surface area (Å²) < 4.78 is 11.8. The summed E-state index contributed by atoms with van der Waals surface area (Å²) in [6.45, 7) is 9.24. The van der Waals surface area contributed by atoms with Gasteiger partial charge in [0.25, 0.3) is 5.79 Å². The topological polar surface area (TPSA) is 55.8 Å². The quantitative estimate of drug-likeness (QED) is 0.736. The molecule has 0 bridgehead atoms. The highest BCUT2D eigenvalue weighted by atomic mass is 35.5. The van der Waals surface area contributed by atoms with E-state index in [1.54, 1.807) is 19.1 Å². The van der Waals surface area contributed by atoms with Crippen LogP contribution in [-0.2, 0) is 11.2 Å². The number of hydrogen-bond acceptors (Lipinski definition) is 4. The van der Waals surface area contributed by atoms with E-state index < -0.39 is 11.8 Å². The second-order valence-corrected chi connectivity index (χ2v) is 7.47. The van der Waals surface area contributed by atoms with E-state index in [2.05, 4.69) is 0 Å². The van der Waals surface area contributed by atoms with E-state index >= 15 is 0 Å². The number of fused-ring (bicyclic) bond motifs is 1. The van der Waals surface area contributed by atoms with Crippen LogP contribution in [0.2, 0.25) is 5.02 Å². The molecule has 1 aliphatic rings. The number of halogens is 1. The first kappa shape index (κ1) is 18.6. The van der Waals surface area contributed by atoms with Crippen LogP contribution in [0.15, 0.2) is 18.2 Å². The average Bonchev–Trinajstić information content (AvgIpc) is 2.60. The first-order valence-electron chi connectivity index (χ1n) is 8.63. The van der Waals surface area contributed by atoms with Gasteiger partial charge in [-0.05, 0) is 62.4 Å². The molecule has 26 heavy (non-hydrogen) atoms. The molecule has 2 aromatic carbocycles. The molecular formula is C21H23ClO4. The molecule has 0 saturated heterocycles. The average molecular weight is 375 g/mol. The lowest BCUT2D eigenvalue weighted by molar-refractivity contribution is -0.142.